The fourth-order valence-corrected chi connectivity index (χ4v) is 1.01. The number of ether oxygens (including phenoxy) is 1. The van der Waals surface area contributed by atoms with Crippen LogP contribution in [0.3, 0.4) is 0 Å². The minimum absolute atomic E-state index is 0.193. The van der Waals surface area contributed by atoms with Gasteiger partial charge in [0, 0.05) is 0 Å². The number of aliphatic carboxylic acids is 1. The van der Waals surface area contributed by atoms with Gasteiger partial charge in [-0.3, -0.25) is 9.59 Å². The third kappa shape index (κ3) is 4.00. The van der Waals surface area contributed by atoms with E-state index in [4.69, 9.17) is 9.84 Å². The summed E-state index contributed by atoms with van der Waals surface area (Å²) in [5.74, 6) is -0.965. The Morgan fingerprint density at radius 3 is 2.56 bits per heavy atom. The molecule has 0 bridgehead atoms. The van der Waals surface area contributed by atoms with Crippen molar-refractivity contribution in [1.82, 2.24) is 5.32 Å². The van der Waals surface area contributed by atoms with E-state index in [9.17, 15) is 9.59 Å². The molecule has 0 aliphatic heterocycles. The van der Waals surface area contributed by atoms with Crippen LogP contribution in [0.4, 0.5) is 0 Å². The number of para-hydroxylation sites is 1. The van der Waals surface area contributed by atoms with Gasteiger partial charge in [-0.1, -0.05) is 18.2 Å². The van der Waals surface area contributed by atoms with E-state index in [0.29, 0.717) is 5.75 Å². The van der Waals surface area contributed by atoms with Crippen LogP contribution in [0.2, 0.25) is 0 Å². The zero-order chi connectivity index (χ0) is 12.0. The van der Waals surface area contributed by atoms with Gasteiger partial charge in [-0.05, 0) is 19.1 Å². The van der Waals surface area contributed by atoms with Crippen molar-refractivity contribution >= 4 is 11.9 Å². The molecule has 0 fully saturated rings. The van der Waals surface area contributed by atoms with Crippen LogP contribution in [0, 0.1) is 0 Å². The number of carboxylic acid groups (broad SMARTS) is 1. The molecule has 2 N–H and O–H groups in total. The van der Waals surface area contributed by atoms with Crippen molar-refractivity contribution in [3.05, 3.63) is 30.3 Å². The maximum atomic E-state index is 11.2. The first-order chi connectivity index (χ1) is 7.59. The van der Waals surface area contributed by atoms with Gasteiger partial charge >= 0.3 is 5.97 Å². The fourth-order valence-electron chi connectivity index (χ4n) is 1.01. The van der Waals surface area contributed by atoms with E-state index in [-0.39, 0.29) is 6.61 Å². The molecule has 0 radical (unpaired) electrons. The van der Waals surface area contributed by atoms with Gasteiger partial charge in [0.2, 0.25) is 0 Å². The van der Waals surface area contributed by atoms with Crippen LogP contribution in [0.25, 0.3) is 0 Å². The quantitative estimate of drug-likeness (QED) is 0.768. The van der Waals surface area contributed by atoms with E-state index < -0.39 is 17.9 Å². The van der Waals surface area contributed by atoms with E-state index >= 15 is 0 Å². The molecule has 0 saturated carbocycles. The van der Waals surface area contributed by atoms with E-state index in [2.05, 4.69) is 5.32 Å². The first-order valence-electron chi connectivity index (χ1n) is 4.79. The van der Waals surface area contributed by atoms with Crippen molar-refractivity contribution in [2.45, 2.75) is 13.0 Å². The van der Waals surface area contributed by atoms with Gasteiger partial charge in [0.25, 0.3) is 5.91 Å². The Hall–Kier alpha value is -2.04. The highest BCUT2D eigenvalue weighted by atomic mass is 16.5. The van der Waals surface area contributed by atoms with Crippen LogP contribution < -0.4 is 10.1 Å². The lowest BCUT2D eigenvalue weighted by Gasteiger charge is -2.10. The lowest BCUT2D eigenvalue weighted by atomic mass is 10.3. The van der Waals surface area contributed by atoms with E-state index in [1.807, 2.05) is 6.07 Å². The zero-order valence-corrected chi connectivity index (χ0v) is 8.84. The summed E-state index contributed by atoms with van der Waals surface area (Å²) in [6.07, 6.45) is 0. The minimum Gasteiger partial charge on any atom is -0.484 e. The predicted molar refractivity (Wildman–Crippen MR) is 57.2 cm³/mol. The third-order valence-electron chi connectivity index (χ3n) is 1.86. The highest BCUT2D eigenvalue weighted by Gasteiger charge is 2.13. The summed E-state index contributed by atoms with van der Waals surface area (Å²) in [5, 5.41) is 10.8. The number of carbonyl (C=O) groups is 2. The second-order valence-electron chi connectivity index (χ2n) is 3.23. The highest BCUT2D eigenvalue weighted by Crippen LogP contribution is 2.07. The number of amides is 1. The summed E-state index contributed by atoms with van der Waals surface area (Å²) >= 11 is 0. The largest absolute Gasteiger partial charge is 0.484 e. The molecule has 5 heteroatoms. The molecule has 1 amide bonds. The van der Waals surface area contributed by atoms with Crippen LogP contribution in [-0.4, -0.2) is 29.6 Å². The second-order valence-corrected chi connectivity index (χ2v) is 3.23. The Morgan fingerprint density at radius 1 is 1.38 bits per heavy atom. The highest BCUT2D eigenvalue weighted by molar-refractivity contribution is 5.84. The number of carbonyl (C=O) groups excluding carboxylic acids is 1. The second kappa shape index (κ2) is 5.75. The van der Waals surface area contributed by atoms with E-state index in [1.165, 1.54) is 6.92 Å². The summed E-state index contributed by atoms with van der Waals surface area (Å²) < 4.78 is 5.14. The molecule has 16 heavy (non-hydrogen) atoms. The smallest absolute Gasteiger partial charge is 0.325 e. The van der Waals surface area contributed by atoms with Crippen LogP contribution in [0.5, 0.6) is 5.75 Å². The third-order valence-corrected chi connectivity index (χ3v) is 1.86. The van der Waals surface area contributed by atoms with Crippen LogP contribution >= 0.6 is 0 Å². The average Bonchev–Trinajstić information content (AvgIpc) is 2.27. The first kappa shape index (κ1) is 12.0. The van der Waals surface area contributed by atoms with Crippen molar-refractivity contribution in [2.24, 2.45) is 0 Å². The fraction of sp³-hybridized carbons (Fsp3) is 0.273. The molecule has 0 spiro atoms. The number of rotatable bonds is 5. The Labute approximate surface area is 93.0 Å². The Bertz CT molecular complexity index is 364. The summed E-state index contributed by atoms with van der Waals surface area (Å²) in [4.78, 5) is 21.7. The molecule has 0 heterocycles. The van der Waals surface area contributed by atoms with Crippen molar-refractivity contribution < 1.29 is 19.4 Å². The molecule has 0 aromatic heterocycles. The Morgan fingerprint density at radius 2 is 2.00 bits per heavy atom. The van der Waals surface area contributed by atoms with Crippen LogP contribution in [0.1, 0.15) is 6.92 Å². The van der Waals surface area contributed by atoms with Crippen LogP contribution in [0.15, 0.2) is 30.3 Å². The molecule has 1 aromatic rings. The van der Waals surface area contributed by atoms with Crippen molar-refractivity contribution in [1.29, 1.82) is 0 Å². The predicted octanol–water partition coefficient (Wildman–Crippen LogP) is 0.655. The number of carboxylic acids is 1. The molecule has 0 aliphatic carbocycles. The molecule has 1 aromatic carbocycles. The number of hydrogen-bond acceptors (Lipinski definition) is 3. The lowest BCUT2D eigenvalue weighted by Crippen LogP contribution is -2.40. The summed E-state index contributed by atoms with van der Waals surface area (Å²) in [6, 6.07) is 7.92. The molecule has 0 saturated heterocycles. The molecule has 0 aliphatic rings. The van der Waals surface area contributed by atoms with Crippen molar-refractivity contribution in [3.8, 4) is 5.75 Å². The maximum absolute atomic E-state index is 11.2. The van der Waals surface area contributed by atoms with Crippen LogP contribution in [-0.2, 0) is 9.59 Å². The summed E-state index contributed by atoms with van der Waals surface area (Å²) in [6.45, 7) is 1.20. The Kier molecular flexibility index (Phi) is 4.32. The molecular weight excluding hydrogens is 210 g/mol. The molecule has 1 atom stereocenters. The average molecular weight is 223 g/mol. The topological polar surface area (TPSA) is 75.6 Å². The van der Waals surface area contributed by atoms with Gasteiger partial charge in [-0.15, -0.1) is 0 Å². The molecular formula is C11H13NO4. The Balaban J connectivity index is 2.33. The molecule has 1 rings (SSSR count). The SMILES string of the molecule is C[C@@H](NC(=O)COc1ccccc1)C(=O)O. The monoisotopic (exact) mass is 223 g/mol. The maximum Gasteiger partial charge on any atom is 0.325 e. The van der Waals surface area contributed by atoms with Gasteiger partial charge < -0.3 is 15.2 Å². The van der Waals surface area contributed by atoms with Gasteiger partial charge in [-0.25, -0.2) is 0 Å². The lowest BCUT2D eigenvalue weighted by molar-refractivity contribution is -0.141. The standard InChI is InChI=1S/C11H13NO4/c1-8(11(14)15)12-10(13)7-16-9-5-3-2-4-6-9/h2-6,8H,7H2,1H3,(H,12,13)(H,14,15)/t8-/m1/s1. The summed E-state index contributed by atoms with van der Waals surface area (Å²) in [5.41, 5.74) is 0. The van der Waals surface area contributed by atoms with Crippen molar-refractivity contribution in [2.75, 3.05) is 6.61 Å². The number of hydrogen-bond donors (Lipinski definition) is 2. The molecule has 5 nitrogen and oxygen atoms in total. The number of nitrogens with one attached hydrogen (secondary N) is 1. The first-order valence-corrected chi connectivity index (χ1v) is 4.79. The summed E-state index contributed by atoms with van der Waals surface area (Å²) in [7, 11) is 0. The molecule has 86 valence electrons. The van der Waals surface area contributed by atoms with E-state index in [1.54, 1.807) is 24.3 Å². The van der Waals surface area contributed by atoms with Gasteiger partial charge in [0.1, 0.15) is 11.8 Å². The molecule has 0 unspecified atom stereocenters. The van der Waals surface area contributed by atoms with Gasteiger partial charge in [0.05, 0.1) is 0 Å². The zero-order valence-electron chi connectivity index (χ0n) is 8.84. The van der Waals surface area contributed by atoms with Crippen molar-refractivity contribution in [3.63, 3.8) is 0 Å². The van der Waals surface area contributed by atoms with E-state index in [0.717, 1.165) is 0 Å². The van der Waals surface area contributed by atoms with Gasteiger partial charge in [0.15, 0.2) is 6.61 Å². The number of benzene rings is 1. The minimum atomic E-state index is -1.08. The van der Waals surface area contributed by atoms with Gasteiger partial charge in [-0.2, -0.15) is 0 Å². The normalized spacial score (nSPS) is 11.6.